The molecule has 0 spiro atoms. The lowest BCUT2D eigenvalue weighted by atomic mass is 10.3. The molecule has 0 aliphatic heterocycles. The standard InChI is InChI=1S/C17H36N2Si3/c1-9-10-16-22(8,18-17-14-12-11-13-15-17)19(20(2,3)4)21(5,6)7/h11-15,18H,9-10,16H2,1-8H3. The number of para-hydroxylation sites is 1. The number of hydrogen-bond acceptors (Lipinski definition) is 2. The Labute approximate surface area is 141 Å². The Morgan fingerprint density at radius 3 is 1.77 bits per heavy atom. The molecule has 126 valence electrons. The molecule has 1 aromatic carbocycles. The van der Waals surface area contributed by atoms with Gasteiger partial charge in [-0.15, -0.1) is 0 Å². The number of nitrogens with zero attached hydrogens (tertiary/aromatic N) is 1. The van der Waals surface area contributed by atoms with Gasteiger partial charge in [-0.2, -0.15) is 0 Å². The number of hydrogen-bond donors (Lipinski definition) is 1. The van der Waals surface area contributed by atoms with E-state index in [0.29, 0.717) is 0 Å². The molecule has 1 aromatic rings. The van der Waals surface area contributed by atoms with E-state index in [-0.39, 0.29) is 0 Å². The minimum absolute atomic E-state index is 1.28. The Morgan fingerprint density at radius 2 is 1.36 bits per heavy atom. The van der Waals surface area contributed by atoms with Crippen LogP contribution in [0, 0.1) is 0 Å². The maximum absolute atomic E-state index is 4.04. The first-order valence-electron chi connectivity index (χ1n) is 8.64. The first-order valence-corrected chi connectivity index (χ1v) is 18.2. The largest absolute Gasteiger partial charge is 0.399 e. The summed E-state index contributed by atoms with van der Waals surface area (Å²) < 4.78 is 3.05. The molecule has 1 unspecified atom stereocenters. The van der Waals surface area contributed by atoms with Crippen molar-refractivity contribution in [3.05, 3.63) is 30.3 Å². The number of benzene rings is 1. The predicted octanol–water partition coefficient (Wildman–Crippen LogP) is 5.94. The molecule has 2 nitrogen and oxygen atoms in total. The quantitative estimate of drug-likeness (QED) is 0.582. The van der Waals surface area contributed by atoms with Crippen molar-refractivity contribution in [1.29, 1.82) is 0 Å². The van der Waals surface area contributed by atoms with Crippen LogP contribution in [0.2, 0.25) is 51.9 Å². The number of rotatable bonds is 8. The highest BCUT2D eigenvalue weighted by Crippen LogP contribution is 2.32. The maximum atomic E-state index is 4.04. The van der Waals surface area contributed by atoms with Crippen molar-refractivity contribution in [3.8, 4) is 0 Å². The summed E-state index contributed by atoms with van der Waals surface area (Å²) in [5.41, 5.74) is 1.30. The Hall–Kier alpha value is -0.369. The van der Waals surface area contributed by atoms with Crippen LogP contribution in [0.15, 0.2) is 30.3 Å². The molecular weight excluding hydrogens is 316 g/mol. The van der Waals surface area contributed by atoms with Crippen LogP contribution in [0.4, 0.5) is 5.69 Å². The van der Waals surface area contributed by atoms with Gasteiger partial charge in [0.2, 0.25) is 8.40 Å². The summed E-state index contributed by atoms with van der Waals surface area (Å²) in [6.45, 7) is 20.0. The molecule has 0 aliphatic rings. The summed E-state index contributed by atoms with van der Waals surface area (Å²) in [6, 6.07) is 12.2. The number of anilines is 1. The number of unbranched alkanes of at least 4 members (excludes halogenated alkanes) is 1. The first-order chi connectivity index (χ1) is 10.0. The highest BCUT2D eigenvalue weighted by Gasteiger charge is 2.47. The zero-order valence-corrected chi connectivity index (χ0v) is 19.0. The zero-order valence-electron chi connectivity index (χ0n) is 16.0. The van der Waals surface area contributed by atoms with E-state index in [1.54, 1.807) is 0 Å². The van der Waals surface area contributed by atoms with E-state index in [1.165, 1.54) is 24.6 Å². The fourth-order valence-corrected chi connectivity index (χ4v) is 27.3. The summed E-state index contributed by atoms with van der Waals surface area (Å²) in [6.07, 6.45) is 2.61. The lowest BCUT2D eigenvalue weighted by Crippen LogP contribution is -2.73. The molecule has 0 aromatic heterocycles. The molecular formula is C17H36N2Si3. The molecule has 0 heterocycles. The molecule has 0 saturated heterocycles. The Bertz CT molecular complexity index is 437. The molecule has 0 saturated carbocycles. The molecule has 0 radical (unpaired) electrons. The van der Waals surface area contributed by atoms with Gasteiger partial charge in [0, 0.05) is 5.69 Å². The molecule has 0 fully saturated rings. The van der Waals surface area contributed by atoms with E-state index < -0.39 is 24.9 Å². The van der Waals surface area contributed by atoms with Gasteiger partial charge in [-0.3, -0.25) is 0 Å². The first kappa shape index (κ1) is 19.7. The molecule has 1 rings (SSSR count). The predicted molar refractivity (Wildman–Crippen MR) is 110 cm³/mol. The van der Waals surface area contributed by atoms with E-state index in [9.17, 15) is 0 Å². The van der Waals surface area contributed by atoms with Gasteiger partial charge in [0.15, 0.2) is 0 Å². The van der Waals surface area contributed by atoms with Gasteiger partial charge in [-0.25, -0.2) is 0 Å². The van der Waals surface area contributed by atoms with Gasteiger partial charge in [-0.1, -0.05) is 77.2 Å². The van der Waals surface area contributed by atoms with Crippen molar-refractivity contribution in [2.75, 3.05) is 4.98 Å². The van der Waals surface area contributed by atoms with Crippen LogP contribution < -0.4 is 4.98 Å². The fraction of sp³-hybridized carbons (Fsp3) is 0.647. The molecule has 0 aliphatic carbocycles. The average molecular weight is 353 g/mol. The summed E-state index contributed by atoms with van der Waals surface area (Å²) in [7, 11) is -4.44. The van der Waals surface area contributed by atoms with Crippen molar-refractivity contribution in [2.24, 2.45) is 0 Å². The second kappa shape index (κ2) is 7.47. The third-order valence-corrected chi connectivity index (χ3v) is 20.9. The minimum atomic E-state index is -1.70. The second-order valence-corrected chi connectivity index (χ2v) is 23.2. The highest BCUT2D eigenvalue weighted by atomic mass is 28.5. The fourth-order valence-electron chi connectivity index (χ4n) is 4.07. The van der Waals surface area contributed by atoms with Crippen LogP contribution in [-0.4, -0.2) is 28.8 Å². The maximum Gasteiger partial charge on any atom is 0.216 e. The third-order valence-electron chi connectivity index (χ3n) is 4.04. The summed E-state index contributed by atoms with van der Waals surface area (Å²) in [5, 5.41) is 0. The van der Waals surface area contributed by atoms with E-state index in [1.807, 2.05) is 0 Å². The van der Waals surface area contributed by atoms with Gasteiger partial charge in [0.05, 0.1) is 0 Å². The lowest BCUT2D eigenvalue weighted by Gasteiger charge is -2.54. The zero-order chi connectivity index (χ0) is 17.0. The van der Waals surface area contributed by atoms with Crippen LogP contribution >= 0.6 is 0 Å². The van der Waals surface area contributed by atoms with Crippen molar-refractivity contribution in [3.63, 3.8) is 0 Å². The van der Waals surface area contributed by atoms with Crippen LogP contribution in [-0.2, 0) is 0 Å². The normalized spacial score (nSPS) is 15.7. The van der Waals surface area contributed by atoms with Crippen molar-refractivity contribution in [2.45, 2.75) is 71.6 Å². The second-order valence-electron chi connectivity index (χ2n) is 8.55. The van der Waals surface area contributed by atoms with E-state index in [4.69, 9.17) is 0 Å². The average Bonchev–Trinajstić information content (AvgIpc) is 2.33. The van der Waals surface area contributed by atoms with E-state index in [2.05, 4.69) is 92.0 Å². The van der Waals surface area contributed by atoms with Gasteiger partial charge in [-0.05, 0) is 24.7 Å². The van der Waals surface area contributed by atoms with Crippen LogP contribution in [0.5, 0.6) is 0 Å². The molecule has 22 heavy (non-hydrogen) atoms. The molecule has 0 bridgehead atoms. The van der Waals surface area contributed by atoms with Crippen molar-refractivity contribution >= 4 is 30.6 Å². The van der Waals surface area contributed by atoms with Gasteiger partial charge in [0.25, 0.3) is 0 Å². The molecule has 1 atom stereocenters. The van der Waals surface area contributed by atoms with E-state index >= 15 is 0 Å². The lowest BCUT2D eigenvalue weighted by molar-refractivity contribution is 0.807. The molecule has 1 N–H and O–H groups in total. The van der Waals surface area contributed by atoms with E-state index in [0.717, 1.165) is 0 Å². The summed E-state index contributed by atoms with van der Waals surface area (Å²) >= 11 is 0. The highest BCUT2D eigenvalue weighted by molar-refractivity contribution is 7.05. The van der Waals surface area contributed by atoms with Crippen LogP contribution in [0.3, 0.4) is 0 Å². The Balaban J connectivity index is 3.22. The van der Waals surface area contributed by atoms with Crippen molar-refractivity contribution in [1.82, 2.24) is 3.90 Å². The van der Waals surface area contributed by atoms with Gasteiger partial charge >= 0.3 is 0 Å². The Kier molecular flexibility index (Phi) is 6.68. The molecule has 5 heteroatoms. The van der Waals surface area contributed by atoms with Crippen LogP contribution in [0.1, 0.15) is 19.8 Å². The molecule has 0 amide bonds. The van der Waals surface area contributed by atoms with Gasteiger partial charge < -0.3 is 8.88 Å². The van der Waals surface area contributed by atoms with Crippen LogP contribution in [0.25, 0.3) is 0 Å². The van der Waals surface area contributed by atoms with Gasteiger partial charge in [0.1, 0.15) is 16.5 Å². The SMILES string of the molecule is CCCC[Si](C)(Nc1ccccc1)N([Si](C)(C)C)[Si](C)(C)C. The monoisotopic (exact) mass is 352 g/mol. The topological polar surface area (TPSA) is 15.3 Å². The smallest absolute Gasteiger partial charge is 0.216 e. The number of nitrogens with one attached hydrogen (secondary N) is 1. The minimum Gasteiger partial charge on any atom is -0.399 e. The summed E-state index contributed by atoms with van der Waals surface area (Å²) in [5.74, 6) is 0. The third kappa shape index (κ3) is 5.37. The summed E-state index contributed by atoms with van der Waals surface area (Å²) in [4.78, 5) is 4.04. The Morgan fingerprint density at radius 1 is 0.864 bits per heavy atom. The van der Waals surface area contributed by atoms with Crippen molar-refractivity contribution < 1.29 is 0 Å².